The van der Waals surface area contributed by atoms with Gasteiger partial charge in [0.1, 0.15) is 5.82 Å². The number of nitrogens with one attached hydrogen (secondary N) is 2. The highest BCUT2D eigenvalue weighted by atomic mass is 19.1. The second-order valence-corrected chi connectivity index (χ2v) is 6.72. The normalized spacial score (nSPS) is 11.2. The largest absolute Gasteiger partial charge is 0.465 e. The summed E-state index contributed by atoms with van der Waals surface area (Å²) in [6, 6.07) is 4.80. The third-order valence-corrected chi connectivity index (χ3v) is 4.71. The van der Waals surface area contributed by atoms with Crippen LogP contribution >= 0.6 is 0 Å². The number of esters is 1. The van der Waals surface area contributed by atoms with E-state index in [-0.39, 0.29) is 11.7 Å². The average molecular weight is 395 g/mol. The average Bonchev–Trinajstić information content (AvgIpc) is 3.06. The van der Waals surface area contributed by atoms with Gasteiger partial charge in [0.15, 0.2) is 0 Å². The SMILES string of the molecule is COC(=O)c1cncc(C=CC(=O)NCCc2c(C)[nH]c3c(F)ccc(C)c23)c1. The number of benzene rings is 1. The molecule has 2 heterocycles. The summed E-state index contributed by atoms with van der Waals surface area (Å²) in [6.45, 7) is 4.25. The number of ether oxygens (including phenoxy) is 1. The lowest BCUT2D eigenvalue weighted by Gasteiger charge is -2.05. The Morgan fingerprint density at radius 3 is 2.83 bits per heavy atom. The number of nitrogens with zero attached hydrogens (tertiary/aromatic N) is 1. The van der Waals surface area contributed by atoms with Gasteiger partial charge in [-0.05, 0) is 55.2 Å². The molecule has 0 saturated heterocycles. The molecule has 0 radical (unpaired) electrons. The number of hydrogen-bond acceptors (Lipinski definition) is 4. The van der Waals surface area contributed by atoms with Gasteiger partial charge >= 0.3 is 5.97 Å². The number of H-pyrrole nitrogens is 1. The molecule has 0 aliphatic rings. The van der Waals surface area contributed by atoms with Crippen molar-refractivity contribution in [2.45, 2.75) is 20.3 Å². The van der Waals surface area contributed by atoms with Crippen molar-refractivity contribution in [1.82, 2.24) is 15.3 Å². The minimum absolute atomic E-state index is 0.270. The second kappa shape index (κ2) is 8.68. The fraction of sp³-hybridized carbons (Fsp3) is 0.227. The predicted octanol–water partition coefficient (Wildman–Crippen LogP) is 3.48. The fourth-order valence-corrected chi connectivity index (χ4v) is 3.28. The molecule has 0 atom stereocenters. The number of hydrogen-bond donors (Lipinski definition) is 2. The number of methoxy groups -OCH3 is 1. The van der Waals surface area contributed by atoms with Crippen LogP contribution in [0.25, 0.3) is 17.0 Å². The van der Waals surface area contributed by atoms with Gasteiger partial charge < -0.3 is 15.0 Å². The molecule has 150 valence electrons. The molecule has 29 heavy (non-hydrogen) atoms. The van der Waals surface area contributed by atoms with Gasteiger partial charge in [0.25, 0.3) is 0 Å². The molecule has 6 nitrogen and oxygen atoms in total. The van der Waals surface area contributed by atoms with E-state index in [0.29, 0.717) is 29.6 Å². The maximum Gasteiger partial charge on any atom is 0.339 e. The third-order valence-electron chi connectivity index (χ3n) is 4.71. The Balaban J connectivity index is 1.63. The van der Waals surface area contributed by atoms with Gasteiger partial charge in [-0.2, -0.15) is 0 Å². The summed E-state index contributed by atoms with van der Waals surface area (Å²) in [6.07, 6.45) is 6.48. The lowest BCUT2D eigenvalue weighted by molar-refractivity contribution is -0.116. The number of aromatic nitrogens is 2. The van der Waals surface area contributed by atoms with Crippen molar-refractivity contribution in [3.8, 4) is 0 Å². The molecule has 2 N–H and O–H groups in total. The first-order valence-corrected chi connectivity index (χ1v) is 9.16. The Hall–Kier alpha value is -3.48. The summed E-state index contributed by atoms with van der Waals surface area (Å²) in [5.74, 6) is -1.04. The molecule has 1 aromatic carbocycles. The third kappa shape index (κ3) is 4.51. The van der Waals surface area contributed by atoms with Crippen molar-refractivity contribution in [2.75, 3.05) is 13.7 Å². The number of aromatic amines is 1. The van der Waals surface area contributed by atoms with Crippen LogP contribution in [0.2, 0.25) is 0 Å². The van der Waals surface area contributed by atoms with Crippen LogP contribution in [-0.4, -0.2) is 35.5 Å². The highest BCUT2D eigenvalue weighted by molar-refractivity contribution is 5.93. The minimum atomic E-state index is -0.488. The lowest BCUT2D eigenvalue weighted by atomic mass is 10.0. The quantitative estimate of drug-likeness (QED) is 0.494. The molecule has 0 aliphatic carbocycles. The van der Waals surface area contributed by atoms with Crippen LogP contribution in [0.1, 0.15) is 32.7 Å². The zero-order chi connectivity index (χ0) is 21.0. The molecule has 2 aromatic heterocycles. The van der Waals surface area contributed by atoms with E-state index in [9.17, 15) is 14.0 Å². The molecule has 0 fully saturated rings. The fourth-order valence-electron chi connectivity index (χ4n) is 3.28. The van der Waals surface area contributed by atoms with E-state index in [4.69, 9.17) is 0 Å². The number of pyridine rings is 1. The Labute approximate surface area is 167 Å². The zero-order valence-electron chi connectivity index (χ0n) is 16.5. The summed E-state index contributed by atoms with van der Waals surface area (Å²) in [5, 5.41) is 3.69. The van der Waals surface area contributed by atoms with Gasteiger partial charge in [-0.15, -0.1) is 0 Å². The number of fused-ring (bicyclic) bond motifs is 1. The van der Waals surface area contributed by atoms with E-state index in [1.165, 1.54) is 25.4 Å². The summed E-state index contributed by atoms with van der Waals surface area (Å²) in [4.78, 5) is 30.7. The van der Waals surface area contributed by atoms with Crippen molar-refractivity contribution in [2.24, 2.45) is 0 Å². The molecular weight excluding hydrogens is 373 g/mol. The molecule has 0 aliphatic heterocycles. The molecule has 7 heteroatoms. The number of carbonyl (C=O) groups excluding carboxylic acids is 2. The molecule has 0 bridgehead atoms. The summed E-state index contributed by atoms with van der Waals surface area (Å²) >= 11 is 0. The lowest BCUT2D eigenvalue weighted by Crippen LogP contribution is -2.23. The van der Waals surface area contributed by atoms with Crippen molar-refractivity contribution < 1.29 is 18.7 Å². The maximum absolute atomic E-state index is 14.0. The molecule has 0 unspecified atom stereocenters. The highest BCUT2D eigenvalue weighted by Crippen LogP contribution is 2.27. The monoisotopic (exact) mass is 395 g/mol. The summed E-state index contributed by atoms with van der Waals surface area (Å²) in [7, 11) is 1.30. The van der Waals surface area contributed by atoms with Gasteiger partial charge in [0, 0.05) is 36.1 Å². The number of amides is 1. The number of carbonyl (C=O) groups is 2. The Morgan fingerprint density at radius 1 is 1.28 bits per heavy atom. The van der Waals surface area contributed by atoms with Crippen LogP contribution in [-0.2, 0) is 16.0 Å². The van der Waals surface area contributed by atoms with E-state index in [1.54, 1.807) is 24.4 Å². The Kier molecular flexibility index (Phi) is 6.07. The van der Waals surface area contributed by atoms with Gasteiger partial charge in [0.05, 0.1) is 18.2 Å². The van der Waals surface area contributed by atoms with Gasteiger partial charge in [-0.1, -0.05) is 6.07 Å². The Morgan fingerprint density at radius 2 is 2.07 bits per heavy atom. The molecule has 0 saturated carbocycles. The molecule has 3 aromatic rings. The summed E-state index contributed by atoms with van der Waals surface area (Å²) in [5.41, 5.74) is 4.31. The first kappa shape index (κ1) is 20.3. The topological polar surface area (TPSA) is 84.1 Å². The van der Waals surface area contributed by atoms with Crippen LogP contribution < -0.4 is 5.32 Å². The highest BCUT2D eigenvalue weighted by Gasteiger charge is 2.13. The van der Waals surface area contributed by atoms with Gasteiger partial charge in [0.2, 0.25) is 5.91 Å². The van der Waals surface area contributed by atoms with Crippen LogP contribution in [0.5, 0.6) is 0 Å². The van der Waals surface area contributed by atoms with Crippen molar-refractivity contribution in [3.63, 3.8) is 0 Å². The smallest absolute Gasteiger partial charge is 0.339 e. The van der Waals surface area contributed by atoms with Gasteiger partial charge in [-0.25, -0.2) is 9.18 Å². The van der Waals surface area contributed by atoms with Crippen LogP contribution in [0.4, 0.5) is 4.39 Å². The van der Waals surface area contributed by atoms with E-state index < -0.39 is 5.97 Å². The molecule has 3 rings (SSSR count). The number of aryl methyl sites for hydroxylation is 2. The zero-order valence-corrected chi connectivity index (χ0v) is 16.5. The van der Waals surface area contributed by atoms with E-state index in [0.717, 1.165) is 22.2 Å². The molecule has 1 amide bonds. The van der Waals surface area contributed by atoms with Gasteiger partial charge in [-0.3, -0.25) is 9.78 Å². The van der Waals surface area contributed by atoms with E-state index in [2.05, 4.69) is 20.0 Å². The van der Waals surface area contributed by atoms with Crippen molar-refractivity contribution in [1.29, 1.82) is 0 Å². The Bertz CT molecular complexity index is 1100. The first-order valence-electron chi connectivity index (χ1n) is 9.16. The van der Waals surface area contributed by atoms with Crippen LogP contribution in [0.3, 0.4) is 0 Å². The van der Waals surface area contributed by atoms with Crippen LogP contribution in [0, 0.1) is 19.7 Å². The summed E-state index contributed by atoms with van der Waals surface area (Å²) < 4.78 is 18.7. The number of halogens is 1. The molecular formula is C22H22FN3O3. The molecule has 0 spiro atoms. The predicted molar refractivity (Wildman–Crippen MR) is 109 cm³/mol. The van der Waals surface area contributed by atoms with E-state index in [1.807, 2.05) is 13.8 Å². The van der Waals surface area contributed by atoms with Crippen molar-refractivity contribution >= 4 is 28.9 Å². The van der Waals surface area contributed by atoms with Crippen LogP contribution in [0.15, 0.2) is 36.7 Å². The van der Waals surface area contributed by atoms with Crippen molar-refractivity contribution in [3.05, 3.63) is 70.4 Å². The maximum atomic E-state index is 14.0. The standard InChI is InChI=1S/C22H22FN3O3/c1-13-4-6-18(23)21-20(13)17(14(2)26-21)8-9-25-19(27)7-5-15-10-16(12-24-11-15)22(28)29-3/h4-7,10-12,26H,8-9H2,1-3H3,(H,25,27). The minimum Gasteiger partial charge on any atom is -0.465 e. The number of rotatable bonds is 6. The first-order chi connectivity index (χ1) is 13.9. The van der Waals surface area contributed by atoms with E-state index >= 15 is 0 Å². The second-order valence-electron chi connectivity index (χ2n) is 6.72.